The zero-order valence-corrected chi connectivity index (χ0v) is 13.9. The van der Waals surface area contributed by atoms with Crippen molar-refractivity contribution in [3.05, 3.63) is 59.2 Å². The van der Waals surface area contributed by atoms with E-state index in [1.54, 1.807) is 17.6 Å². The molecule has 0 spiro atoms. The Labute approximate surface area is 148 Å². The molecule has 1 amide bonds. The first kappa shape index (κ1) is 18.1. The summed E-state index contributed by atoms with van der Waals surface area (Å²) >= 11 is 0. The summed E-state index contributed by atoms with van der Waals surface area (Å²) in [6, 6.07) is 9.70. The molecule has 1 atom stereocenters. The molecule has 138 valence electrons. The molecule has 1 aliphatic rings. The summed E-state index contributed by atoms with van der Waals surface area (Å²) in [7, 11) is 0. The second-order valence-electron chi connectivity index (χ2n) is 6.10. The van der Waals surface area contributed by atoms with E-state index in [0.717, 1.165) is 17.7 Å². The van der Waals surface area contributed by atoms with Gasteiger partial charge in [0.25, 0.3) is 5.91 Å². The SMILES string of the molecule is CC1COc2cc(C(=O)NO)ccc2CN1c1ccc(C(F)(F)F)cc1. The number of carbonyl (C=O) groups is 1. The van der Waals surface area contributed by atoms with Crippen molar-refractivity contribution < 1.29 is 27.9 Å². The molecule has 2 aromatic rings. The summed E-state index contributed by atoms with van der Waals surface area (Å²) < 4.78 is 44.0. The lowest BCUT2D eigenvalue weighted by Gasteiger charge is -2.28. The van der Waals surface area contributed by atoms with Gasteiger partial charge in [-0.05, 0) is 43.3 Å². The Morgan fingerprint density at radius 2 is 1.92 bits per heavy atom. The zero-order chi connectivity index (χ0) is 18.9. The molecule has 1 heterocycles. The molecule has 8 heteroatoms. The predicted octanol–water partition coefficient (Wildman–Crippen LogP) is 3.61. The van der Waals surface area contributed by atoms with Gasteiger partial charge in [-0.15, -0.1) is 0 Å². The summed E-state index contributed by atoms with van der Waals surface area (Å²) in [5, 5.41) is 8.73. The van der Waals surface area contributed by atoms with E-state index in [1.807, 2.05) is 11.8 Å². The third-order valence-electron chi connectivity index (χ3n) is 4.31. The second kappa shape index (κ2) is 6.87. The van der Waals surface area contributed by atoms with Crippen molar-refractivity contribution in [3.8, 4) is 5.75 Å². The number of nitrogens with one attached hydrogen (secondary N) is 1. The van der Waals surface area contributed by atoms with Crippen LogP contribution in [-0.4, -0.2) is 23.8 Å². The number of halogens is 3. The van der Waals surface area contributed by atoms with Gasteiger partial charge in [0, 0.05) is 23.4 Å². The number of amides is 1. The van der Waals surface area contributed by atoms with E-state index >= 15 is 0 Å². The number of ether oxygens (including phenoxy) is 1. The van der Waals surface area contributed by atoms with Crippen molar-refractivity contribution in [3.63, 3.8) is 0 Å². The van der Waals surface area contributed by atoms with E-state index in [1.165, 1.54) is 18.2 Å². The van der Waals surface area contributed by atoms with E-state index < -0.39 is 17.6 Å². The lowest BCUT2D eigenvalue weighted by atomic mass is 10.1. The highest BCUT2D eigenvalue weighted by molar-refractivity contribution is 5.93. The molecule has 0 saturated heterocycles. The molecule has 1 aliphatic heterocycles. The molecule has 5 nitrogen and oxygen atoms in total. The molecule has 2 N–H and O–H groups in total. The van der Waals surface area contributed by atoms with Crippen LogP contribution in [0.15, 0.2) is 42.5 Å². The van der Waals surface area contributed by atoms with Gasteiger partial charge in [0.2, 0.25) is 0 Å². The van der Waals surface area contributed by atoms with Crippen LogP contribution in [0.25, 0.3) is 0 Å². The average Bonchev–Trinajstić information content (AvgIpc) is 2.79. The molecular formula is C18H17F3N2O3. The van der Waals surface area contributed by atoms with Crippen LogP contribution in [0.5, 0.6) is 5.75 Å². The number of anilines is 1. The molecular weight excluding hydrogens is 349 g/mol. The minimum absolute atomic E-state index is 0.0887. The number of hydroxylamine groups is 1. The highest BCUT2D eigenvalue weighted by atomic mass is 19.4. The summed E-state index contributed by atoms with van der Waals surface area (Å²) in [4.78, 5) is 13.5. The summed E-state index contributed by atoms with van der Waals surface area (Å²) in [6.45, 7) is 2.63. The fourth-order valence-electron chi connectivity index (χ4n) is 2.85. The maximum Gasteiger partial charge on any atom is 0.416 e. The van der Waals surface area contributed by atoms with Gasteiger partial charge < -0.3 is 9.64 Å². The van der Waals surface area contributed by atoms with E-state index in [0.29, 0.717) is 24.6 Å². The molecule has 26 heavy (non-hydrogen) atoms. The Balaban J connectivity index is 1.89. The number of nitrogens with zero attached hydrogens (tertiary/aromatic N) is 1. The van der Waals surface area contributed by atoms with Gasteiger partial charge in [0.05, 0.1) is 11.6 Å². The summed E-state index contributed by atoms with van der Waals surface area (Å²) in [6.07, 6.45) is -4.37. The molecule has 0 bridgehead atoms. The highest BCUT2D eigenvalue weighted by Gasteiger charge is 2.30. The highest BCUT2D eigenvalue weighted by Crippen LogP contribution is 2.33. The average molecular weight is 366 g/mol. The molecule has 0 radical (unpaired) electrons. The van der Waals surface area contributed by atoms with Crippen molar-refractivity contribution in [1.82, 2.24) is 5.48 Å². The Morgan fingerprint density at radius 1 is 1.23 bits per heavy atom. The summed E-state index contributed by atoms with van der Waals surface area (Å²) in [5.41, 5.74) is 2.57. The molecule has 1 unspecified atom stereocenters. The van der Waals surface area contributed by atoms with Crippen molar-refractivity contribution in [2.24, 2.45) is 0 Å². The minimum atomic E-state index is -4.37. The maximum atomic E-state index is 12.7. The Bertz CT molecular complexity index is 806. The van der Waals surface area contributed by atoms with Crippen LogP contribution in [0.2, 0.25) is 0 Å². The van der Waals surface area contributed by atoms with Crippen molar-refractivity contribution >= 4 is 11.6 Å². The zero-order valence-electron chi connectivity index (χ0n) is 13.9. The van der Waals surface area contributed by atoms with Crippen LogP contribution in [0, 0.1) is 0 Å². The fourth-order valence-corrected chi connectivity index (χ4v) is 2.85. The Morgan fingerprint density at radius 3 is 2.54 bits per heavy atom. The van der Waals surface area contributed by atoms with Gasteiger partial charge in [0.1, 0.15) is 12.4 Å². The first-order valence-corrected chi connectivity index (χ1v) is 7.93. The Hall–Kier alpha value is -2.74. The molecule has 0 aromatic heterocycles. The normalized spacial score (nSPS) is 17.1. The monoisotopic (exact) mass is 366 g/mol. The van der Waals surface area contributed by atoms with Gasteiger partial charge in [-0.2, -0.15) is 13.2 Å². The van der Waals surface area contributed by atoms with Gasteiger partial charge in [0.15, 0.2) is 0 Å². The van der Waals surface area contributed by atoms with Crippen LogP contribution in [-0.2, 0) is 12.7 Å². The maximum absolute atomic E-state index is 12.7. The largest absolute Gasteiger partial charge is 0.491 e. The van der Waals surface area contributed by atoms with Crippen LogP contribution in [0.1, 0.15) is 28.4 Å². The van der Waals surface area contributed by atoms with Crippen LogP contribution in [0.4, 0.5) is 18.9 Å². The smallest absolute Gasteiger partial charge is 0.416 e. The van der Waals surface area contributed by atoms with E-state index in [4.69, 9.17) is 9.94 Å². The summed E-state index contributed by atoms with van der Waals surface area (Å²) in [5.74, 6) is -0.138. The standard InChI is InChI=1S/C18H17F3N2O3/c1-11-10-26-16-8-12(17(24)22-25)2-3-13(16)9-23(11)15-6-4-14(5-7-15)18(19,20)21/h2-8,11,25H,9-10H2,1H3,(H,22,24). The second-order valence-corrected chi connectivity index (χ2v) is 6.10. The molecule has 0 aliphatic carbocycles. The van der Waals surface area contributed by atoms with Crippen molar-refractivity contribution in [2.75, 3.05) is 11.5 Å². The lowest BCUT2D eigenvalue weighted by Crippen LogP contribution is -2.34. The lowest BCUT2D eigenvalue weighted by molar-refractivity contribution is -0.137. The van der Waals surface area contributed by atoms with Gasteiger partial charge in [-0.3, -0.25) is 10.0 Å². The molecule has 2 aromatic carbocycles. The van der Waals surface area contributed by atoms with E-state index in [9.17, 15) is 18.0 Å². The number of rotatable bonds is 2. The van der Waals surface area contributed by atoms with Crippen LogP contribution < -0.4 is 15.1 Å². The number of alkyl halides is 3. The van der Waals surface area contributed by atoms with Gasteiger partial charge in [-0.1, -0.05) is 6.07 Å². The molecule has 0 fully saturated rings. The van der Waals surface area contributed by atoms with Gasteiger partial charge in [-0.25, -0.2) is 5.48 Å². The number of fused-ring (bicyclic) bond motifs is 1. The van der Waals surface area contributed by atoms with E-state index in [-0.39, 0.29) is 11.6 Å². The van der Waals surface area contributed by atoms with Crippen LogP contribution in [0.3, 0.4) is 0 Å². The fraction of sp³-hybridized carbons (Fsp3) is 0.278. The topological polar surface area (TPSA) is 61.8 Å². The predicted molar refractivity (Wildman–Crippen MR) is 88.3 cm³/mol. The minimum Gasteiger partial charge on any atom is -0.491 e. The number of hydrogen-bond donors (Lipinski definition) is 2. The molecule has 3 rings (SSSR count). The third kappa shape index (κ3) is 3.60. The molecule has 0 saturated carbocycles. The first-order chi connectivity index (χ1) is 12.3. The van der Waals surface area contributed by atoms with Gasteiger partial charge >= 0.3 is 6.18 Å². The first-order valence-electron chi connectivity index (χ1n) is 7.93. The number of carbonyl (C=O) groups excluding carboxylic acids is 1. The van der Waals surface area contributed by atoms with Crippen molar-refractivity contribution in [2.45, 2.75) is 25.7 Å². The third-order valence-corrected chi connectivity index (χ3v) is 4.31. The quantitative estimate of drug-likeness (QED) is 0.630. The van der Waals surface area contributed by atoms with Crippen LogP contribution >= 0.6 is 0 Å². The van der Waals surface area contributed by atoms with E-state index in [2.05, 4.69) is 0 Å². The Kier molecular flexibility index (Phi) is 4.78. The number of hydrogen-bond acceptors (Lipinski definition) is 4. The van der Waals surface area contributed by atoms with Crippen molar-refractivity contribution in [1.29, 1.82) is 0 Å². The number of benzene rings is 2.